The minimum absolute atomic E-state index is 0.765. The van der Waals surface area contributed by atoms with Crippen molar-refractivity contribution in [3.8, 4) is 0 Å². The van der Waals surface area contributed by atoms with E-state index in [9.17, 15) is 0 Å². The van der Waals surface area contributed by atoms with Crippen LogP contribution < -0.4 is 15.5 Å². The summed E-state index contributed by atoms with van der Waals surface area (Å²) in [4.78, 5) is 11.3. The predicted molar refractivity (Wildman–Crippen MR) is 77.5 cm³/mol. The second kappa shape index (κ2) is 5.74. The van der Waals surface area contributed by atoms with E-state index in [-0.39, 0.29) is 0 Å². The molecule has 0 unspecified atom stereocenters. The molecule has 5 nitrogen and oxygen atoms in total. The lowest BCUT2D eigenvalue weighted by Crippen LogP contribution is -2.26. The number of fused-ring (bicyclic) bond motifs is 1. The van der Waals surface area contributed by atoms with Crippen LogP contribution in [0, 0.1) is 11.8 Å². The summed E-state index contributed by atoms with van der Waals surface area (Å²) in [5.41, 5.74) is 0. The maximum atomic E-state index is 4.64. The number of hydrogen-bond acceptors (Lipinski definition) is 5. The van der Waals surface area contributed by atoms with E-state index in [2.05, 4.69) is 32.4 Å². The number of hydrogen-bond donors (Lipinski definition) is 2. The van der Waals surface area contributed by atoms with Gasteiger partial charge in [0.1, 0.15) is 5.82 Å². The molecule has 3 heterocycles. The van der Waals surface area contributed by atoms with Crippen molar-refractivity contribution in [2.75, 3.05) is 42.9 Å². The topological polar surface area (TPSA) is 53.1 Å². The average molecular weight is 261 g/mol. The Balaban J connectivity index is 1.63. The Kier molecular flexibility index (Phi) is 3.82. The normalized spacial score (nSPS) is 25.6. The third-order valence-corrected chi connectivity index (χ3v) is 4.17. The van der Waals surface area contributed by atoms with Gasteiger partial charge in [-0.05, 0) is 24.3 Å². The van der Waals surface area contributed by atoms with Crippen molar-refractivity contribution in [1.29, 1.82) is 0 Å². The van der Waals surface area contributed by atoms with Crippen LogP contribution in [-0.2, 0) is 0 Å². The lowest BCUT2D eigenvalue weighted by molar-refractivity contribution is 0.533. The van der Waals surface area contributed by atoms with Crippen molar-refractivity contribution in [1.82, 2.24) is 15.3 Å². The van der Waals surface area contributed by atoms with Gasteiger partial charge in [-0.25, -0.2) is 4.98 Å². The Labute approximate surface area is 114 Å². The summed E-state index contributed by atoms with van der Waals surface area (Å²) < 4.78 is 0. The number of rotatable bonds is 5. The molecule has 0 bridgehead atoms. The number of nitrogens with zero attached hydrogens (tertiary/aromatic N) is 3. The standard InChI is InChI=1S/C14H23N5/c1-2-3-5-16-14-17-6-4-13(18-14)19-9-11-7-15-8-12(11)10-19/h4,6,11-12,15H,2-3,5,7-10H2,1H3,(H,16,17,18)/t11-,12+. The second-order valence-electron chi connectivity index (χ2n) is 5.60. The van der Waals surface area contributed by atoms with Crippen LogP contribution in [0.3, 0.4) is 0 Å². The second-order valence-corrected chi connectivity index (χ2v) is 5.60. The summed E-state index contributed by atoms with van der Waals surface area (Å²) in [5, 5.41) is 6.77. The highest BCUT2D eigenvalue weighted by atomic mass is 15.3. The molecule has 2 aliphatic heterocycles. The first kappa shape index (κ1) is 12.7. The van der Waals surface area contributed by atoms with Crippen LogP contribution in [0.2, 0.25) is 0 Å². The Morgan fingerprint density at radius 1 is 1.37 bits per heavy atom. The zero-order valence-corrected chi connectivity index (χ0v) is 11.6. The highest BCUT2D eigenvalue weighted by molar-refractivity contribution is 5.44. The minimum Gasteiger partial charge on any atom is -0.356 e. The number of nitrogens with one attached hydrogen (secondary N) is 2. The zero-order valence-electron chi connectivity index (χ0n) is 11.6. The number of unbranched alkanes of at least 4 members (excludes halogenated alkanes) is 1. The van der Waals surface area contributed by atoms with Crippen molar-refractivity contribution in [2.45, 2.75) is 19.8 Å². The lowest BCUT2D eigenvalue weighted by atomic mass is 10.0. The van der Waals surface area contributed by atoms with Crippen LogP contribution in [0.5, 0.6) is 0 Å². The third kappa shape index (κ3) is 2.81. The maximum Gasteiger partial charge on any atom is 0.224 e. The van der Waals surface area contributed by atoms with Crippen molar-refractivity contribution in [2.24, 2.45) is 11.8 Å². The Morgan fingerprint density at radius 2 is 2.16 bits per heavy atom. The molecule has 2 atom stereocenters. The Hall–Kier alpha value is -1.36. The van der Waals surface area contributed by atoms with Gasteiger partial charge in [0.15, 0.2) is 0 Å². The van der Waals surface area contributed by atoms with Gasteiger partial charge in [-0.15, -0.1) is 0 Å². The largest absolute Gasteiger partial charge is 0.356 e. The Bertz CT molecular complexity index is 410. The molecule has 2 fully saturated rings. The summed E-state index contributed by atoms with van der Waals surface area (Å²) in [5.74, 6) is 3.43. The van der Waals surface area contributed by atoms with Crippen LogP contribution >= 0.6 is 0 Å². The summed E-state index contributed by atoms with van der Waals surface area (Å²) in [6, 6.07) is 2.03. The maximum absolute atomic E-state index is 4.64. The monoisotopic (exact) mass is 261 g/mol. The SMILES string of the molecule is CCCCNc1nccc(N2C[C@H]3CNC[C@H]3C2)n1. The van der Waals surface area contributed by atoms with Gasteiger partial charge < -0.3 is 15.5 Å². The molecular weight excluding hydrogens is 238 g/mol. The van der Waals surface area contributed by atoms with Gasteiger partial charge in [-0.3, -0.25) is 0 Å². The first-order valence-corrected chi connectivity index (χ1v) is 7.39. The van der Waals surface area contributed by atoms with Gasteiger partial charge in [0.2, 0.25) is 5.95 Å². The van der Waals surface area contributed by atoms with E-state index in [0.29, 0.717) is 0 Å². The zero-order chi connectivity index (χ0) is 13.1. The highest BCUT2D eigenvalue weighted by Crippen LogP contribution is 2.29. The lowest BCUT2D eigenvalue weighted by Gasteiger charge is -2.18. The molecule has 19 heavy (non-hydrogen) atoms. The molecule has 0 aliphatic carbocycles. The molecule has 1 aromatic rings. The van der Waals surface area contributed by atoms with Gasteiger partial charge in [-0.2, -0.15) is 4.98 Å². The number of anilines is 2. The Morgan fingerprint density at radius 3 is 2.89 bits per heavy atom. The fraction of sp³-hybridized carbons (Fsp3) is 0.714. The molecule has 2 saturated heterocycles. The molecule has 0 spiro atoms. The smallest absolute Gasteiger partial charge is 0.224 e. The molecule has 0 saturated carbocycles. The summed E-state index contributed by atoms with van der Waals surface area (Å²) in [7, 11) is 0. The van der Waals surface area contributed by atoms with Crippen molar-refractivity contribution < 1.29 is 0 Å². The molecule has 0 radical (unpaired) electrons. The third-order valence-electron chi connectivity index (χ3n) is 4.17. The van der Waals surface area contributed by atoms with Crippen LogP contribution in [0.4, 0.5) is 11.8 Å². The van der Waals surface area contributed by atoms with Crippen molar-refractivity contribution in [3.63, 3.8) is 0 Å². The summed E-state index contributed by atoms with van der Waals surface area (Å²) in [6.07, 6.45) is 4.21. The molecule has 1 aromatic heterocycles. The van der Waals surface area contributed by atoms with Crippen LogP contribution in [0.1, 0.15) is 19.8 Å². The predicted octanol–water partition coefficient (Wildman–Crippen LogP) is 1.34. The summed E-state index contributed by atoms with van der Waals surface area (Å²) in [6.45, 7) is 7.72. The first-order chi connectivity index (χ1) is 9.36. The fourth-order valence-electron chi connectivity index (χ4n) is 3.03. The molecule has 104 valence electrons. The average Bonchev–Trinajstić information content (AvgIpc) is 3.00. The first-order valence-electron chi connectivity index (χ1n) is 7.39. The quantitative estimate of drug-likeness (QED) is 0.784. The molecule has 5 heteroatoms. The molecule has 3 rings (SSSR count). The van der Waals surface area contributed by atoms with Crippen molar-refractivity contribution in [3.05, 3.63) is 12.3 Å². The molecule has 2 N–H and O–H groups in total. The van der Waals surface area contributed by atoms with Crippen LogP contribution in [0.25, 0.3) is 0 Å². The van der Waals surface area contributed by atoms with Gasteiger partial charge in [0, 0.05) is 38.9 Å². The summed E-state index contributed by atoms with van der Waals surface area (Å²) >= 11 is 0. The molecule has 0 amide bonds. The van der Waals surface area contributed by atoms with E-state index >= 15 is 0 Å². The van der Waals surface area contributed by atoms with Crippen molar-refractivity contribution >= 4 is 11.8 Å². The van der Waals surface area contributed by atoms with E-state index in [0.717, 1.165) is 62.7 Å². The molecule has 2 aliphatic rings. The van der Waals surface area contributed by atoms with Gasteiger partial charge in [0.05, 0.1) is 0 Å². The fourth-order valence-corrected chi connectivity index (χ4v) is 3.03. The van der Waals surface area contributed by atoms with E-state index in [1.807, 2.05) is 12.3 Å². The van der Waals surface area contributed by atoms with Crippen LogP contribution in [-0.4, -0.2) is 42.7 Å². The van der Waals surface area contributed by atoms with E-state index in [1.165, 1.54) is 6.42 Å². The van der Waals surface area contributed by atoms with Gasteiger partial charge in [0.25, 0.3) is 0 Å². The van der Waals surface area contributed by atoms with Crippen LogP contribution in [0.15, 0.2) is 12.3 Å². The van der Waals surface area contributed by atoms with Gasteiger partial charge >= 0.3 is 0 Å². The van der Waals surface area contributed by atoms with Gasteiger partial charge in [-0.1, -0.05) is 13.3 Å². The minimum atomic E-state index is 0.765. The van der Waals surface area contributed by atoms with E-state index in [1.54, 1.807) is 0 Å². The number of aromatic nitrogens is 2. The van der Waals surface area contributed by atoms with E-state index in [4.69, 9.17) is 0 Å². The van der Waals surface area contributed by atoms with E-state index < -0.39 is 0 Å². The molecule has 0 aromatic carbocycles. The highest BCUT2D eigenvalue weighted by Gasteiger charge is 2.36. The molecular formula is C14H23N5.